The molecule has 4 aromatic rings. The Labute approximate surface area is 200 Å². The predicted molar refractivity (Wildman–Crippen MR) is 135 cm³/mol. The summed E-state index contributed by atoms with van der Waals surface area (Å²) in [5, 5.41) is 8.12. The molecule has 34 heavy (non-hydrogen) atoms. The first-order valence-electron chi connectivity index (χ1n) is 12.2. The minimum Gasteiger partial charge on any atom is -0.313 e. The molecular weight excluding hydrogens is 422 g/mol. The number of hydrogen-bond acceptors (Lipinski definition) is 5. The van der Waals surface area contributed by atoms with Crippen LogP contribution in [-0.4, -0.2) is 38.0 Å². The van der Waals surface area contributed by atoms with Gasteiger partial charge in [-0.1, -0.05) is 44.2 Å². The van der Waals surface area contributed by atoms with Crippen molar-refractivity contribution in [2.75, 3.05) is 6.54 Å². The van der Waals surface area contributed by atoms with Crippen molar-refractivity contribution in [2.45, 2.75) is 45.6 Å². The fourth-order valence-electron chi connectivity index (χ4n) is 4.31. The number of nitrogens with zero attached hydrogens (tertiary/aromatic N) is 4. The van der Waals surface area contributed by atoms with Crippen molar-refractivity contribution >= 4 is 11.4 Å². The minimum absolute atomic E-state index is 0.150. The third-order valence-electron chi connectivity index (χ3n) is 6.65. The number of benzene rings is 1. The van der Waals surface area contributed by atoms with Gasteiger partial charge in [0, 0.05) is 36.0 Å². The van der Waals surface area contributed by atoms with Gasteiger partial charge in [0.05, 0.1) is 23.1 Å². The van der Waals surface area contributed by atoms with Crippen molar-refractivity contribution in [1.29, 1.82) is 0 Å². The van der Waals surface area contributed by atoms with Gasteiger partial charge in [-0.3, -0.25) is 9.78 Å². The third kappa shape index (κ3) is 5.07. The van der Waals surface area contributed by atoms with Crippen LogP contribution in [0, 0.1) is 11.8 Å². The quantitative estimate of drug-likeness (QED) is 0.324. The molecule has 0 saturated heterocycles. The molecule has 1 aliphatic rings. The van der Waals surface area contributed by atoms with Crippen LogP contribution in [0.2, 0.25) is 0 Å². The number of pyridine rings is 1. The molecule has 3 aromatic heterocycles. The highest BCUT2D eigenvalue weighted by Gasteiger charge is 2.23. The Morgan fingerprint density at radius 2 is 1.94 bits per heavy atom. The van der Waals surface area contributed by atoms with Crippen LogP contribution in [0.3, 0.4) is 0 Å². The summed E-state index contributed by atoms with van der Waals surface area (Å²) in [6, 6.07) is 16.1. The van der Waals surface area contributed by atoms with E-state index in [-0.39, 0.29) is 5.78 Å². The number of carbonyl (C=O) groups is 1. The van der Waals surface area contributed by atoms with Gasteiger partial charge in [0.15, 0.2) is 11.4 Å². The van der Waals surface area contributed by atoms with E-state index in [9.17, 15) is 4.79 Å². The van der Waals surface area contributed by atoms with E-state index in [2.05, 4.69) is 29.2 Å². The fourth-order valence-corrected chi connectivity index (χ4v) is 4.31. The maximum absolute atomic E-state index is 13.1. The van der Waals surface area contributed by atoms with Gasteiger partial charge in [0.25, 0.3) is 0 Å². The Hall–Kier alpha value is -3.38. The van der Waals surface area contributed by atoms with Gasteiger partial charge in [-0.25, -0.2) is 9.50 Å². The van der Waals surface area contributed by atoms with E-state index in [1.807, 2.05) is 54.7 Å². The molecule has 0 spiro atoms. The average Bonchev–Trinajstić information content (AvgIpc) is 3.60. The first-order valence-corrected chi connectivity index (χ1v) is 12.2. The van der Waals surface area contributed by atoms with Crippen molar-refractivity contribution in [3.8, 4) is 22.5 Å². The molecule has 3 heterocycles. The topological polar surface area (TPSA) is 72.2 Å². The van der Waals surface area contributed by atoms with Gasteiger partial charge < -0.3 is 5.32 Å². The molecule has 1 saturated carbocycles. The number of hydrogen-bond donors (Lipinski definition) is 1. The normalized spacial score (nSPS) is 14.6. The van der Waals surface area contributed by atoms with Gasteiger partial charge in [-0.2, -0.15) is 5.10 Å². The largest absolute Gasteiger partial charge is 0.313 e. The molecule has 1 unspecified atom stereocenters. The van der Waals surface area contributed by atoms with Crippen LogP contribution in [0.4, 0.5) is 0 Å². The van der Waals surface area contributed by atoms with Crippen molar-refractivity contribution < 1.29 is 4.79 Å². The Kier molecular flexibility index (Phi) is 6.50. The highest BCUT2D eigenvalue weighted by Crippen LogP contribution is 2.28. The van der Waals surface area contributed by atoms with Gasteiger partial charge in [-0.15, -0.1) is 0 Å². The lowest BCUT2D eigenvalue weighted by atomic mass is 9.96. The molecule has 0 aliphatic heterocycles. The van der Waals surface area contributed by atoms with Crippen LogP contribution in [0.15, 0.2) is 67.1 Å². The molecule has 5 rings (SSSR count). The summed E-state index contributed by atoms with van der Waals surface area (Å²) in [6.07, 6.45) is 9.42. The summed E-state index contributed by atoms with van der Waals surface area (Å²) in [5.41, 5.74) is 4.87. The van der Waals surface area contributed by atoms with Crippen molar-refractivity contribution in [1.82, 2.24) is 24.9 Å². The average molecular weight is 454 g/mol. The number of aromatic nitrogens is 4. The van der Waals surface area contributed by atoms with Gasteiger partial charge >= 0.3 is 0 Å². The Morgan fingerprint density at radius 3 is 2.71 bits per heavy atom. The zero-order valence-electron chi connectivity index (χ0n) is 19.8. The number of nitrogens with one attached hydrogen (secondary N) is 1. The van der Waals surface area contributed by atoms with E-state index in [0.29, 0.717) is 29.6 Å². The van der Waals surface area contributed by atoms with Crippen LogP contribution in [0.1, 0.15) is 49.9 Å². The third-order valence-corrected chi connectivity index (χ3v) is 6.65. The Morgan fingerprint density at radius 1 is 1.12 bits per heavy atom. The predicted octanol–water partition coefficient (Wildman–Crippen LogP) is 5.45. The number of carbonyl (C=O) groups excluding carboxylic acids is 1. The monoisotopic (exact) mass is 453 g/mol. The highest BCUT2D eigenvalue weighted by molar-refractivity contribution is 5.97. The van der Waals surface area contributed by atoms with Crippen LogP contribution in [-0.2, 0) is 0 Å². The van der Waals surface area contributed by atoms with Crippen LogP contribution in [0.5, 0.6) is 0 Å². The summed E-state index contributed by atoms with van der Waals surface area (Å²) in [4.78, 5) is 22.4. The van der Waals surface area contributed by atoms with E-state index in [1.54, 1.807) is 16.9 Å². The number of Topliss-reactive ketones (excluding diaryl/α,β-unsaturated/α-hetero) is 1. The molecular formula is C28H31N5O. The molecule has 1 N–H and O–H groups in total. The zero-order chi connectivity index (χ0) is 23.5. The molecule has 1 atom stereocenters. The highest BCUT2D eigenvalue weighted by atomic mass is 16.1. The lowest BCUT2D eigenvalue weighted by Gasteiger charge is -2.22. The van der Waals surface area contributed by atoms with E-state index >= 15 is 0 Å². The van der Waals surface area contributed by atoms with Crippen molar-refractivity contribution in [3.05, 3.63) is 72.7 Å². The van der Waals surface area contributed by atoms with E-state index < -0.39 is 0 Å². The maximum Gasteiger partial charge on any atom is 0.164 e. The van der Waals surface area contributed by atoms with Gasteiger partial charge in [-0.05, 0) is 55.8 Å². The fraction of sp³-hybridized carbons (Fsp3) is 0.357. The molecule has 1 fully saturated rings. The number of fused-ring (bicyclic) bond motifs is 1. The summed E-state index contributed by atoms with van der Waals surface area (Å²) in [6.45, 7) is 5.52. The second-order valence-corrected chi connectivity index (χ2v) is 9.60. The summed E-state index contributed by atoms with van der Waals surface area (Å²) in [5.74, 6) is 1.49. The van der Waals surface area contributed by atoms with Gasteiger partial charge in [0.1, 0.15) is 0 Å². The second kappa shape index (κ2) is 9.85. The molecule has 1 aliphatic carbocycles. The van der Waals surface area contributed by atoms with E-state index in [1.165, 1.54) is 12.8 Å². The number of rotatable bonds is 10. The van der Waals surface area contributed by atoms with Crippen LogP contribution < -0.4 is 5.32 Å². The molecule has 0 bridgehead atoms. The number of ketones is 1. The van der Waals surface area contributed by atoms with Crippen molar-refractivity contribution in [3.63, 3.8) is 0 Å². The lowest BCUT2D eigenvalue weighted by molar-refractivity contribution is 0.0973. The van der Waals surface area contributed by atoms with Gasteiger partial charge in [0.2, 0.25) is 0 Å². The second-order valence-electron chi connectivity index (χ2n) is 9.60. The molecule has 6 heteroatoms. The first-order chi connectivity index (χ1) is 16.6. The van der Waals surface area contributed by atoms with E-state index in [0.717, 1.165) is 41.4 Å². The molecule has 0 amide bonds. The zero-order valence-corrected chi connectivity index (χ0v) is 19.8. The first kappa shape index (κ1) is 22.4. The SMILES string of the molecule is CC(C)C(CCC(=O)c1ccnc(-c2cnn3ccc(-c4ccccc4)nc23)c1)NCC1CC1. The smallest absolute Gasteiger partial charge is 0.164 e. The maximum atomic E-state index is 13.1. The lowest BCUT2D eigenvalue weighted by Crippen LogP contribution is -2.35. The van der Waals surface area contributed by atoms with E-state index in [4.69, 9.17) is 4.98 Å². The van der Waals surface area contributed by atoms with Crippen molar-refractivity contribution in [2.24, 2.45) is 11.8 Å². The molecule has 1 aromatic carbocycles. The molecule has 6 nitrogen and oxygen atoms in total. The summed E-state index contributed by atoms with van der Waals surface area (Å²) in [7, 11) is 0. The minimum atomic E-state index is 0.150. The van der Waals surface area contributed by atoms with Crippen LogP contribution in [0.25, 0.3) is 28.2 Å². The molecule has 0 radical (unpaired) electrons. The summed E-state index contributed by atoms with van der Waals surface area (Å²) >= 11 is 0. The standard InChI is InChI=1S/C28H31N5O/c1-19(2)24(30-17-20-8-9-20)10-11-27(34)22-12-14-29-26(16-22)23-18-31-33-15-13-25(32-28(23)33)21-6-4-3-5-7-21/h3-7,12-16,18-20,24,30H,8-11,17H2,1-2H3. The van der Waals surface area contributed by atoms with Crippen LogP contribution >= 0.6 is 0 Å². The molecule has 174 valence electrons. The Balaban J connectivity index is 1.34. The summed E-state index contributed by atoms with van der Waals surface area (Å²) < 4.78 is 1.75. The Bertz CT molecular complexity index is 1280.